The molecule has 30 heavy (non-hydrogen) atoms. The number of carboxylic acids is 2. The van der Waals surface area contributed by atoms with Gasteiger partial charge in [0.05, 0.1) is 5.60 Å². The summed E-state index contributed by atoms with van der Waals surface area (Å²) in [5.41, 5.74) is -0.0405. The Balaban J connectivity index is 0.00000122. The molecule has 1 rings (SSSR count). The molecule has 0 saturated carbocycles. The van der Waals surface area contributed by atoms with Crippen LogP contribution in [0.3, 0.4) is 0 Å². The zero-order valence-corrected chi connectivity index (χ0v) is 19.6. The molecule has 1 heterocycles. The topological polar surface area (TPSA) is 116 Å². The molecular formula is C22H42N2O6. The lowest BCUT2D eigenvalue weighted by molar-refractivity contribution is -0.159. The van der Waals surface area contributed by atoms with Crippen LogP contribution in [0, 0.1) is 17.8 Å². The SMILES string of the molecule is CC(C)CCC(CC(=O)NCCCN(C)C)C1CCOC(C)(C)C1.O=C(O)C(=O)O. The quantitative estimate of drug-likeness (QED) is 0.360. The second kappa shape index (κ2) is 14.4. The van der Waals surface area contributed by atoms with Crippen molar-refractivity contribution in [2.75, 3.05) is 33.8 Å². The maximum absolute atomic E-state index is 12.4. The molecular weight excluding hydrogens is 388 g/mol. The third-order valence-electron chi connectivity index (χ3n) is 5.25. The minimum absolute atomic E-state index is 0.0405. The highest BCUT2D eigenvalue weighted by molar-refractivity contribution is 6.27. The minimum Gasteiger partial charge on any atom is -0.473 e. The van der Waals surface area contributed by atoms with Crippen molar-refractivity contribution in [3.63, 3.8) is 0 Å². The van der Waals surface area contributed by atoms with E-state index in [-0.39, 0.29) is 11.5 Å². The molecule has 1 fully saturated rings. The molecule has 0 spiro atoms. The number of carboxylic acid groups (broad SMARTS) is 2. The van der Waals surface area contributed by atoms with Gasteiger partial charge in [-0.05, 0) is 77.9 Å². The van der Waals surface area contributed by atoms with E-state index in [1.54, 1.807) is 0 Å². The molecule has 2 unspecified atom stereocenters. The number of nitrogens with one attached hydrogen (secondary N) is 1. The summed E-state index contributed by atoms with van der Waals surface area (Å²) in [5.74, 6) is -1.62. The number of nitrogens with zero attached hydrogens (tertiary/aromatic N) is 1. The number of carbonyl (C=O) groups is 3. The monoisotopic (exact) mass is 430 g/mol. The third kappa shape index (κ3) is 14.3. The Kier molecular flexibility index (Phi) is 13.6. The van der Waals surface area contributed by atoms with E-state index in [2.05, 4.69) is 52.0 Å². The van der Waals surface area contributed by atoms with Gasteiger partial charge >= 0.3 is 11.9 Å². The summed E-state index contributed by atoms with van der Waals surface area (Å²) < 4.78 is 5.87. The first-order chi connectivity index (χ1) is 13.8. The van der Waals surface area contributed by atoms with Crippen molar-refractivity contribution in [2.45, 2.75) is 71.8 Å². The molecule has 8 heteroatoms. The van der Waals surface area contributed by atoms with Crippen LogP contribution in [-0.2, 0) is 19.1 Å². The molecule has 1 saturated heterocycles. The van der Waals surface area contributed by atoms with Crippen LogP contribution < -0.4 is 5.32 Å². The average molecular weight is 431 g/mol. The van der Waals surface area contributed by atoms with E-state index < -0.39 is 11.9 Å². The van der Waals surface area contributed by atoms with Gasteiger partial charge < -0.3 is 25.2 Å². The van der Waals surface area contributed by atoms with Crippen LogP contribution in [0.1, 0.15) is 66.2 Å². The van der Waals surface area contributed by atoms with E-state index >= 15 is 0 Å². The average Bonchev–Trinajstić information content (AvgIpc) is 2.61. The van der Waals surface area contributed by atoms with Gasteiger partial charge in [0.25, 0.3) is 0 Å². The first-order valence-electron chi connectivity index (χ1n) is 10.9. The summed E-state index contributed by atoms with van der Waals surface area (Å²) >= 11 is 0. The lowest BCUT2D eigenvalue weighted by Crippen LogP contribution is -2.38. The largest absolute Gasteiger partial charge is 0.473 e. The highest BCUT2D eigenvalue weighted by atomic mass is 16.5. The smallest absolute Gasteiger partial charge is 0.414 e. The summed E-state index contributed by atoms with van der Waals surface area (Å²) in [6.07, 6.45) is 6.22. The lowest BCUT2D eigenvalue weighted by Gasteiger charge is -2.39. The fourth-order valence-electron chi connectivity index (χ4n) is 3.67. The Morgan fingerprint density at radius 1 is 1.13 bits per heavy atom. The van der Waals surface area contributed by atoms with E-state index in [4.69, 9.17) is 24.5 Å². The maximum Gasteiger partial charge on any atom is 0.414 e. The number of hydrogen-bond acceptors (Lipinski definition) is 5. The maximum atomic E-state index is 12.4. The molecule has 1 amide bonds. The Hall–Kier alpha value is -1.67. The first-order valence-corrected chi connectivity index (χ1v) is 10.9. The van der Waals surface area contributed by atoms with Gasteiger partial charge in [0.2, 0.25) is 5.91 Å². The highest BCUT2D eigenvalue weighted by Crippen LogP contribution is 2.37. The molecule has 0 aromatic carbocycles. The minimum atomic E-state index is -1.82. The van der Waals surface area contributed by atoms with Crippen molar-refractivity contribution >= 4 is 17.8 Å². The van der Waals surface area contributed by atoms with E-state index in [9.17, 15) is 4.79 Å². The van der Waals surface area contributed by atoms with Gasteiger partial charge in [0, 0.05) is 19.6 Å². The lowest BCUT2D eigenvalue weighted by atomic mass is 9.75. The Bertz CT molecular complexity index is 522. The van der Waals surface area contributed by atoms with Gasteiger partial charge in [-0.15, -0.1) is 0 Å². The van der Waals surface area contributed by atoms with Gasteiger partial charge in [-0.1, -0.05) is 20.3 Å². The zero-order valence-electron chi connectivity index (χ0n) is 19.6. The van der Waals surface area contributed by atoms with E-state index in [0.29, 0.717) is 24.2 Å². The van der Waals surface area contributed by atoms with Crippen LogP contribution in [0.25, 0.3) is 0 Å². The highest BCUT2D eigenvalue weighted by Gasteiger charge is 2.34. The Morgan fingerprint density at radius 3 is 2.20 bits per heavy atom. The molecule has 3 N–H and O–H groups in total. The molecule has 2 atom stereocenters. The summed E-state index contributed by atoms with van der Waals surface area (Å²) in [6.45, 7) is 11.5. The Morgan fingerprint density at radius 2 is 1.73 bits per heavy atom. The number of ether oxygens (including phenoxy) is 1. The molecule has 1 aliphatic heterocycles. The summed E-state index contributed by atoms with van der Waals surface area (Å²) in [4.78, 5) is 32.7. The zero-order chi connectivity index (χ0) is 23.3. The molecule has 176 valence electrons. The normalized spacial score (nSPS) is 19.0. The molecule has 0 bridgehead atoms. The summed E-state index contributed by atoms with van der Waals surface area (Å²) in [5, 5.41) is 17.9. The fraction of sp³-hybridized carbons (Fsp3) is 0.864. The predicted molar refractivity (Wildman–Crippen MR) is 116 cm³/mol. The van der Waals surface area contributed by atoms with Crippen LogP contribution in [0.2, 0.25) is 0 Å². The van der Waals surface area contributed by atoms with Gasteiger partial charge in [-0.3, -0.25) is 4.79 Å². The molecule has 0 aliphatic carbocycles. The van der Waals surface area contributed by atoms with Crippen molar-refractivity contribution in [3.05, 3.63) is 0 Å². The molecule has 8 nitrogen and oxygen atoms in total. The Labute approximate surface area is 181 Å². The van der Waals surface area contributed by atoms with Crippen LogP contribution in [0.4, 0.5) is 0 Å². The van der Waals surface area contributed by atoms with Crippen LogP contribution in [0.5, 0.6) is 0 Å². The van der Waals surface area contributed by atoms with E-state index in [0.717, 1.165) is 45.4 Å². The number of hydrogen-bond donors (Lipinski definition) is 3. The van der Waals surface area contributed by atoms with Crippen molar-refractivity contribution < 1.29 is 29.3 Å². The van der Waals surface area contributed by atoms with Crippen molar-refractivity contribution in [1.29, 1.82) is 0 Å². The van der Waals surface area contributed by atoms with Gasteiger partial charge in [0.1, 0.15) is 0 Å². The third-order valence-corrected chi connectivity index (χ3v) is 5.25. The van der Waals surface area contributed by atoms with E-state index in [1.807, 2.05) is 0 Å². The summed E-state index contributed by atoms with van der Waals surface area (Å²) in [7, 11) is 4.13. The van der Waals surface area contributed by atoms with Crippen molar-refractivity contribution in [2.24, 2.45) is 17.8 Å². The molecule has 0 aromatic heterocycles. The number of carbonyl (C=O) groups excluding carboxylic acids is 1. The molecule has 0 radical (unpaired) electrons. The number of rotatable bonds is 10. The number of aliphatic carboxylic acids is 2. The second-order valence-electron chi connectivity index (χ2n) is 9.41. The van der Waals surface area contributed by atoms with Gasteiger partial charge in [-0.2, -0.15) is 0 Å². The first kappa shape index (κ1) is 28.3. The molecule has 1 aliphatic rings. The number of amides is 1. The van der Waals surface area contributed by atoms with Crippen molar-refractivity contribution in [1.82, 2.24) is 10.2 Å². The van der Waals surface area contributed by atoms with Crippen LogP contribution in [-0.4, -0.2) is 72.4 Å². The van der Waals surface area contributed by atoms with Gasteiger partial charge in [0.15, 0.2) is 0 Å². The van der Waals surface area contributed by atoms with Crippen LogP contribution in [0.15, 0.2) is 0 Å². The second-order valence-corrected chi connectivity index (χ2v) is 9.41. The molecule has 0 aromatic rings. The van der Waals surface area contributed by atoms with Crippen LogP contribution >= 0.6 is 0 Å². The summed E-state index contributed by atoms with van der Waals surface area (Å²) in [6, 6.07) is 0. The predicted octanol–water partition coefficient (Wildman–Crippen LogP) is 2.86. The fourth-order valence-corrected chi connectivity index (χ4v) is 3.67. The van der Waals surface area contributed by atoms with Crippen molar-refractivity contribution in [3.8, 4) is 0 Å². The standard InChI is InChI=1S/C20H40N2O2.C2H2O4/c1-16(2)8-9-17(18-10-13-24-20(3,4)15-18)14-19(23)21-11-7-12-22(5)6;3-1(4)2(5)6/h16-18H,7-15H2,1-6H3,(H,21,23);(H,3,4)(H,5,6). The van der Waals surface area contributed by atoms with E-state index in [1.165, 1.54) is 6.42 Å². The van der Waals surface area contributed by atoms with Gasteiger partial charge in [-0.25, -0.2) is 9.59 Å².